The van der Waals surface area contributed by atoms with Gasteiger partial charge in [-0.05, 0) is 0 Å². The van der Waals surface area contributed by atoms with Crippen molar-refractivity contribution in [1.29, 1.82) is 0 Å². The Morgan fingerprint density at radius 2 is 1.10 bits per heavy atom. The van der Waals surface area contributed by atoms with E-state index in [-0.39, 0.29) is 0 Å². The molecule has 0 unspecified atom stereocenters. The molecule has 0 amide bonds. The van der Waals surface area contributed by atoms with Crippen LogP contribution in [0.25, 0.3) is 0 Å². The Labute approximate surface area is 66.0 Å². The molecule has 2 rings (SSSR count). The van der Waals surface area contributed by atoms with Gasteiger partial charge in [0.05, 0.1) is 0 Å². The van der Waals surface area contributed by atoms with E-state index in [1.165, 1.54) is 0 Å². The Kier molecular flexibility index (Phi) is 1.61. The van der Waals surface area contributed by atoms with Crippen LogP contribution >= 0.6 is 9.42 Å². The SMILES string of the molecule is [Cl][Pt]12([NH]CC[NH]1)[NH]CC[NH]2. The molecular formula is C4H12ClN4Pt. The molecule has 1 spiro atoms. The molecule has 2 aliphatic rings. The van der Waals surface area contributed by atoms with Crippen LogP contribution in [-0.2, 0) is 14.8 Å². The summed E-state index contributed by atoms with van der Waals surface area (Å²) < 4.78 is 13.3. The van der Waals surface area contributed by atoms with Crippen molar-refractivity contribution in [3.8, 4) is 0 Å². The molecule has 0 atom stereocenters. The van der Waals surface area contributed by atoms with E-state index in [1.807, 2.05) is 0 Å². The van der Waals surface area contributed by atoms with Gasteiger partial charge in [-0.1, -0.05) is 0 Å². The molecule has 4 N–H and O–H groups in total. The number of nitrogens with one attached hydrogen (secondary N) is 4. The van der Waals surface area contributed by atoms with Crippen LogP contribution in [-0.4, -0.2) is 26.2 Å². The van der Waals surface area contributed by atoms with Crippen molar-refractivity contribution in [1.82, 2.24) is 15.5 Å². The third-order valence-electron chi connectivity index (χ3n) is 1.41. The first-order valence-electron chi connectivity index (χ1n) is 3.17. The van der Waals surface area contributed by atoms with Crippen molar-refractivity contribution in [3.63, 3.8) is 0 Å². The average Bonchev–Trinajstić information content (AvgIpc) is 2.44. The fourth-order valence-corrected chi connectivity index (χ4v) is 10.1. The molecule has 0 saturated carbocycles. The minimum atomic E-state index is -3.06. The second kappa shape index (κ2) is 2.16. The van der Waals surface area contributed by atoms with Gasteiger partial charge in [-0.25, -0.2) is 0 Å². The fourth-order valence-electron chi connectivity index (χ4n) is 0.989. The Morgan fingerprint density at radius 3 is 1.40 bits per heavy atom. The first kappa shape index (κ1) is 7.47. The Bertz CT molecular complexity index is 128. The van der Waals surface area contributed by atoms with Crippen LogP contribution in [0.5, 0.6) is 0 Å². The average molecular weight is 347 g/mol. The zero-order chi connectivity index (χ0) is 7.10. The number of halogens is 1. The fraction of sp³-hybridized carbons (Fsp3) is 1.00. The summed E-state index contributed by atoms with van der Waals surface area (Å²) in [6.07, 6.45) is 0. The summed E-state index contributed by atoms with van der Waals surface area (Å²) in [5, 5.41) is 0. The molecule has 0 aromatic carbocycles. The van der Waals surface area contributed by atoms with Gasteiger partial charge in [0, 0.05) is 0 Å². The molecule has 2 fully saturated rings. The number of hydrogen-bond acceptors (Lipinski definition) is 4. The van der Waals surface area contributed by atoms with Gasteiger partial charge >= 0.3 is 65.9 Å². The van der Waals surface area contributed by atoms with Crippen LogP contribution < -0.4 is 15.5 Å². The molecule has 4 nitrogen and oxygen atoms in total. The summed E-state index contributed by atoms with van der Waals surface area (Å²) in [7, 11) is 6.40. The van der Waals surface area contributed by atoms with Gasteiger partial charge in [0.25, 0.3) is 0 Å². The number of hydrogen-bond donors (Lipinski definition) is 4. The number of rotatable bonds is 0. The predicted octanol–water partition coefficient (Wildman–Crippen LogP) is -1.12. The summed E-state index contributed by atoms with van der Waals surface area (Å²) in [6.45, 7) is 3.88. The van der Waals surface area contributed by atoms with Crippen molar-refractivity contribution in [2.45, 2.75) is 0 Å². The van der Waals surface area contributed by atoms with Crippen LogP contribution in [0.1, 0.15) is 0 Å². The Balaban J connectivity index is 2.22. The van der Waals surface area contributed by atoms with Crippen LogP contribution in [0.3, 0.4) is 0 Å². The summed E-state index contributed by atoms with van der Waals surface area (Å²) in [5.74, 6) is 0. The summed E-state index contributed by atoms with van der Waals surface area (Å²) in [6, 6.07) is 0. The molecule has 0 aromatic heterocycles. The molecule has 6 heteroatoms. The quantitative estimate of drug-likeness (QED) is 0.449. The van der Waals surface area contributed by atoms with Gasteiger partial charge in [-0.3, -0.25) is 0 Å². The van der Waals surface area contributed by atoms with Crippen molar-refractivity contribution in [2.24, 2.45) is 0 Å². The normalized spacial score (nSPS) is 39.5. The molecule has 0 bridgehead atoms. The van der Waals surface area contributed by atoms with E-state index in [4.69, 9.17) is 9.42 Å². The molecule has 2 aliphatic heterocycles. The van der Waals surface area contributed by atoms with Gasteiger partial charge in [-0.2, -0.15) is 0 Å². The zero-order valence-electron chi connectivity index (χ0n) is 5.52. The van der Waals surface area contributed by atoms with E-state index < -0.39 is 14.8 Å². The van der Waals surface area contributed by atoms with Crippen LogP contribution in [0, 0.1) is 0 Å². The Hall–Kier alpha value is 0.818. The summed E-state index contributed by atoms with van der Waals surface area (Å²) in [5.41, 5.74) is 0. The van der Waals surface area contributed by atoms with Crippen molar-refractivity contribution < 1.29 is 14.8 Å². The van der Waals surface area contributed by atoms with Gasteiger partial charge in [0.2, 0.25) is 0 Å². The van der Waals surface area contributed by atoms with Gasteiger partial charge < -0.3 is 0 Å². The topological polar surface area (TPSA) is 48.1 Å². The van der Waals surface area contributed by atoms with E-state index in [9.17, 15) is 0 Å². The van der Waals surface area contributed by atoms with E-state index in [0.717, 1.165) is 26.2 Å². The van der Waals surface area contributed by atoms with Crippen LogP contribution in [0.2, 0.25) is 0 Å². The Morgan fingerprint density at radius 1 is 0.800 bits per heavy atom. The van der Waals surface area contributed by atoms with E-state index >= 15 is 0 Å². The molecule has 0 aliphatic carbocycles. The van der Waals surface area contributed by atoms with E-state index in [2.05, 4.69) is 15.5 Å². The summed E-state index contributed by atoms with van der Waals surface area (Å²) in [4.78, 5) is 0. The van der Waals surface area contributed by atoms with Gasteiger partial charge in [0.1, 0.15) is 0 Å². The first-order valence-corrected chi connectivity index (χ1v) is 10.5. The molecule has 2 saturated heterocycles. The van der Waals surface area contributed by atoms with Crippen LogP contribution in [0.15, 0.2) is 0 Å². The second-order valence-corrected chi connectivity index (χ2v) is 14.4. The van der Waals surface area contributed by atoms with Gasteiger partial charge in [0.15, 0.2) is 0 Å². The van der Waals surface area contributed by atoms with Gasteiger partial charge in [-0.15, -0.1) is 0 Å². The predicted molar refractivity (Wildman–Crippen MR) is 37.9 cm³/mol. The third kappa shape index (κ3) is 1.04. The first-order chi connectivity index (χ1) is 4.71. The third-order valence-corrected chi connectivity index (χ3v) is 12.5. The standard InChI is InChI=1S/2C2H6N2.ClH.Pt/c2*3-1-2-4;;/h2*3-4H,1-2H2;1H;/q2*-2;;+5/p-1. The van der Waals surface area contributed by atoms with E-state index in [1.54, 1.807) is 0 Å². The van der Waals surface area contributed by atoms with Crippen molar-refractivity contribution in [3.05, 3.63) is 0 Å². The molecule has 0 aromatic rings. The minimum absolute atomic E-state index is 0.970. The zero-order valence-corrected chi connectivity index (χ0v) is 8.55. The maximum absolute atomic E-state index is 6.40. The van der Waals surface area contributed by atoms with Crippen molar-refractivity contribution in [2.75, 3.05) is 26.2 Å². The maximum atomic E-state index is 6.40. The summed E-state index contributed by atoms with van der Waals surface area (Å²) >= 11 is -3.06. The van der Waals surface area contributed by atoms with E-state index in [0.29, 0.717) is 0 Å². The molecule has 10 heavy (non-hydrogen) atoms. The molecule has 65 valence electrons. The monoisotopic (exact) mass is 346 g/mol. The van der Waals surface area contributed by atoms with Crippen LogP contribution in [0.4, 0.5) is 0 Å². The van der Waals surface area contributed by atoms with Crippen molar-refractivity contribution >= 4 is 9.42 Å². The molecule has 0 radical (unpaired) electrons. The molecule has 2 heterocycles. The second-order valence-electron chi connectivity index (χ2n) is 2.16. The molecular weight excluding hydrogens is 335 g/mol.